The summed E-state index contributed by atoms with van der Waals surface area (Å²) in [6, 6.07) is 5.04. The van der Waals surface area contributed by atoms with Crippen LogP contribution in [0.2, 0.25) is 0 Å². The van der Waals surface area contributed by atoms with Gasteiger partial charge in [-0.3, -0.25) is 4.79 Å². The molecule has 0 N–H and O–H groups in total. The van der Waals surface area contributed by atoms with Gasteiger partial charge in [0, 0.05) is 23.8 Å². The molecule has 2 nitrogen and oxygen atoms in total. The van der Waals surface area contributed by atoms with Gasteiger partial charge < -0.3 is 4.90 Å². The molecule has 0 atom stereocenters. The molecule has 1 fully saturated rings. The lowest BCUT2D eigenvalue weighted by molar-refractivity contribution is 0.101. The van der Waals surface area contributed by atoms with Crippen molar-refractivity contribution in [2.45, 2.75) is 45.6 Å². The van der Waals surface area contributed by atoms with Gasteiger partial charge >= 0.3 is 0 Å². The zero-order valence-corrected chi connectivity index (χ0v) is 11.1. The Balaban J connectivity index is 2.37. The second kappa shape index (κ2) is 5.51. The normalized spacial score (nSPS) is 15.9. The Labute approximate surface area is 108 Å². The molecular weight excluding hydrogens is 229 g/mol. The third-order valence-corrected chi connectivity index (χ3v) is 3.75. The largest absolute Gasteiger partial charge is 0.368 e. The summed E-state index contributed by atoms with van der Waals surface area (Å²) in [6.45, 7) is 4.45. The first kappa shape index (κ1) is 13.1. The Hall–Kier alpha value is -1.38. The van der Waals surface area contributed by atoms with E-state index in [-0.39, 0.29) is 11.6 Å². The van der Waals surface area contributed by atoms with Crippen LogP contribution in [0.15, 0.2) is 18.2 Å². The number of hydrogen-bond acceptors (Lipinski definition) is 2. The highest BCUT2D eigenvalue weighted by atomic mass is 19.1. The van der Waals surface area contributed by atoms with Crippen molar-refractivity contribution in [3.05, 3.63) is 29.6 Å². The summed E-state index contributed by atoms with van der Waals surface area (Å²) < 4.78 is 13.3. The lowest BCUT2D eigenvalue weighted by atomic mass is 10.1. The molecule has 1 aromatic carbocycles. The molecule has 18 heavy (non-hydrogen) atoms. The monoisotopic (exact) mass is 249 g/mol. The van der Waals surface area contributed by atoms with E-state index in [1.165, 1.54) is 44.7 Å². The molecule has 2 rings (SSSR count). The number of ketones is 1. The molecule has 0 spiro atoms. The smallest absolute Gasteiger partial charge is 0.161 e. The van der Waals surface area contributed by atoms with E-state index in [1.54, 1.807) is 6.07 Å². The maximum absolute atomic E-state index is 13.3. The van der Waals surface area contributed by atoms with Gasteiger partial charge in [0.1, 0.15) is 5.82 Å². The number of Topliss-reactive ketones (excluding diaryl/α,β-unsaturated/α-hetero) is 1. The van der Waals surface area contributed by atoms with Crippen molar-refractivity contribution < 1.29 is 9.18 Å². The quantitative estimate of drug-likeness (QED) is 0.756. The van der Waals surface area contributed by atoms with Crippen molar-refractivity contribution in [1.82, 2.24) is 0 Å². The number of rotatable bonds is 4. The zero-order chi connectivity index (χ0) is 13.1. The number of hydrogen-bond donors (Lipinski definition) is 0. The van der Waals surface area contributed by atoms with Gasteiger partial charge in [0.05, 0.1) is 0 Å². The number of nitrogens with zero attached hydrogens (tertiary/aromatic N) is 1. The van der Waals surface area contributed by atoms with Crippen LogP contribution >= 0.6 is 0 Å². The van der Waals surface area contributed by atoms with Crippen LogP contribution < -0.4 is 4.90 Å². The second-order valence-electron chi connectivity index (χ2n) is 4.94. The highest BCUT2D eigenvalue weighted by molar-refractivity contribution is 5.99. The van der Waals surface area contributed by atoms with Crippen LogP contribution in [0, 0.1) is 5.82 Å². The average molecular weight is 249 g/mol. The Morgan fingerprint density at radius 2 is 2.06 bits per heavy atom. The maximum Gasteiger partial charge on any atom is 0.161 e. The van der Waals surface area contributed by atoms with Crippen molar-refractivity contribution in [3.8, 4) is 0 Å². The van der Waals surface area contributed by atoms with Crippen LogP contribution in [0.25, 0.3) is 0 Å². The van der Waals surface area contributed by atoms with Crippen LogP contribution in [0.1, 0.15) is 49.9 Å². The molecule has 0 amide bonds. The first-order valence-corrected chi connectivity index (χ1v) is 6.70. The van der Waals surface area contributed by atoms with Gasteiger partial charge in [-0.05, 0) is 44.9 Å². The summed E-state index contributed by atoms with van der Waals surface area (Å²) in [5, 5.41) is 0. The molecule has 1 saturated carbocycles. The van der Waals surface area contributed by atoms with Gasteiger partial charge in [0.2, 0.25) is 0 Å². The van der Waals surface area contributed by atoms with Crippen LogP contribution in [0.3, 0.4) is 0 Å². The van der Waals surface area contributed by atoms with Crippen LogP contribution in [-0.2, 0) is 0 Å². The lowest BCUT2D eigenvalue weighted by Gasteiger charge is -2.31. The van der Waals surface area contributed by atoms with Crippen molar-refractivity contribution in [2.24, 2.45) is 0 Å². The maximum atomic E-state index is 13.3. The third-order valence-electron chi connectivity index (χ3n) is 3.75. The predicted octanol–water partition coefficient (Wildman–Crippen LogP) is 3.80. The highest BCUT2D eigenvalue weighted by Gasteiger charge is 2.24. The molecule has 0 saturated heterocycles. The molecule has 3 heteroatoms. The summed E-state index contributed by atoms with van der Waals surface area (Å²) in [4.78, 5) is 13.9. The number of halogens is 1. The van der Waals surface area contributed by atoms with E-state index >= 15 is 0 Å². The Kier molecular flexibility index (Phi) is 4.00. The Morgan fingerprint density at radius 3 is 2.61 bits per heavy atom. The average Bonchev–Trinajstić information content (AvgIpc) is 2.85. The fraction of sp³-hybridized carbons (Fsp3) is 0.533. The molecule has 1 aliphatic rings. The molecule has 0 heterocycles. The SMILES string of the molecule is CCN(c1ccc(F)cc1C(C)=O)C1CCCC1. The van der Waals surface area contributed by atoms with Crippen LogP contribution in [-0.4, -0.2) is 18.4 Å². The van der Waals surface area contributed by atoms with E-state index in [4.69, 9.17) is 0 Å². The predicted molar refractivity (Wildman–Crippen MR) is 71.7 cm³/mol. The standard InChI is InChI=1S/C15H20FNO/c1-3-17(13-6-4-5-7-13)15-9-8-12(16)10-14(15)11(2)18/h8-10,13H,3-7H2,1-2H3. The van der Waals surface area contributed by atoms with Gasteiger partial charge in [0.15, 0.2) is 5.78 Å². The number of carbonyl (C=O) groups is 1. The van der Waals surface area contributed by atoms with Gasteiger partial charge in [0.25, 0.3) is 0 Å². The molecule has 0 radical (unpaired) electrons. The molecule has 98 valence electrons. The fourth-order valence-corrected chi connectivity index (χ4v) is 2.88. The van der Waals surface area contributed by atoms with Gasteiger partial charge in [-0.25, -0.2) is 4.39 Å². The van der Waals surface area contributed by atoms with E-state index in [1.807, 2.05) is 0 Å². The second-order valence-corrected chi connectivity index (χ2v) is 4.94. The van der Waals surface area contributed by atoms with Crippen molar-refractivity contribution in [1.29, 1.82) is 0 Å². The lowest BCUT2D eigenvalue weighted by Crippen LogP contribution is -2.34. The van der Waals surface area contributed by atoms with Gasteiger partial charge in [-0.1, -0.05) is 12.8 Å². The summed E-state index contributed by atoms with van der Waals surface area (Å²) in [5.41, 5.74) is 1.39. The van der Waals surface area contributed by atoms with E-state index in [0.29, 0.717) is 11.6 Å². The molecule has 0 aromatic heterocycles. The minimum absolute atomic E-state index is 0.0686. The van der Waals surface area contributed by atoms with E-state index in [2.05, 4.69) is 11.8 Å². The van der Waals surface area contributed by atoms with Gasteiger partial charge in [-0.2, -0.15) is 0 Å². The molecular formula is C15H20FNO. The Bertz CT molecular complexity index is 438. The van der Waals surface area contributed by atoms with Crippen molar-refractivity contribution >= 4 is 11.5 Å². The van der Waals surface area contributed by atoms with E-state index in [0.717, 1.165) is 12.2 Å². The first-order chi connectivity index (χ1) is 8.63. The summed E-state index contributed by atoms with van der Waals surface area (Å²) >= 11 is 0. The van der Waals surface area contributed by atoms with Crippen LogP contribution in [0.4, 0.5) is 10.1 Å². The summed E-state index contributed by atoms with van der Waals surface area (Å²) in [7, 11) is 0. The number of carbonyl (C=O) groups excluding carboxylic acids is 1. The number of benzene rings is 1. The highest BCUT2D eigenvalue weighted by Crippen LogP contribution is 2.30. The zero-order valence-electron chi connectivity index (χ0n) is 11.1. The summed E-state index contributed by atoms with van der Waals surface area (Å²) in [5.74, 6) is -0.410. The molecule has 0 aliphatic heterocycles. The Morgan fingerprint density at radius 1 is 1.39 bits per heavy atom. The van der Waals surface area contributed by atoms with E-state index < -0.39 is 0 Å². The van der Waals surface area contributed by atoms with E-state index in [9.17, 15) is 9.18 Å². The fourth-order valence-electron chi connectivity index (χ4n) is 2.88. The molecule has 0 unspecified atom stereocenters. The molecule has 1 aromatic rings. The topological polar surface area (TPSA) is 20.3 Å². The molecule has 0 bridgehead atoms. The molecule has 1 aliphatic carbocycles. The minimum Gasteiger partial charge on any atom is -0.368 e. The van der Waals surface area contributed by atoms with Crippen LogP contribution in [0.5, 0.6) is 0 Å². The summed E-state index contributed by atoms with van der Waals surface area (Å²) in [6.07, 6.45) is 4.83. The number of anilines is 1. The minimum atomic E-state index is -0.341. The third kappa shape index (κ3) is 2.55. The van der Waals surface area contributed by atoms with Crippen molar-refractivity contribution in [3.63, 3.8) is 0 Å². The van der Waals surface area contributed by atoms with Gasteiger partial charge in [-0.15, -0.1) is 0 Å². The first-order valence-electron chi connectivity index (χ1n) is 6.70. The van der Waals surface area contributed by atoms with Crippen molar-refractivity contribution in [2.75, 3.05) is 11.4 Å².